The second-order valence-corrected chi connectivity index (χ2v) is 6.06. The van der Waals surface area contributed by atoms with Gasteiger partial charge >= 0.3 is 5.97 Å². The van der Waals surface area contributed by atoms with Crippen LogP contribution in [0.25, 0.3) is 0 Å². The maximum atomic E-state index is 11.9. The fourth-order valence-corrected chi connectivity index (χ4v) is 2.68. The first-order chi connectivity index (χ1) is 7.83. The van der Waals surface area contributed by atoms with Crippen LogP contribution in [0.2, 0.25) is 0 Å². The van der Waals surface area contributed by atoms with Crippen LogP contribution in [0.3, 0.4) is 0 Å². The molecule has 94 valence electrons. The molecule has 0 fully saturated rings. The van der Waals surface area contributed by atoms with E-state index in [1.165, 1.54) is 24.3 Å². The van der Waals surface area contributed by atoms with Crippen LogP contribution in [0.15, 0.2) is 29.2 Å². The van der Waals surface area contributed by atoms with E-state index in [1.54, 1.807) is 19.0 Å². The van der Waals surface area contributed by atoms with Crippen LogP contribution in [0.5, 0.6) is 0 Å². The van der Waals surface area contributed by atoms with Crippen LogP contribution in [0.4, 0.5) is 0 Å². The fraction of sp³-hybridized carbons (Fsp3) is 0.364. The van der Waals surface area contributed by atoms with Gasteiger partial charge in [-0.2, -0.15) is 0 Å². The summed E-state index contributed by atoms with van der Waals surface area (Å²) in [6, 6.07) is 5.41. The van der Waals surface area contributed by atoms with Gasteiger partial charge in [0.15, 0.2) is 9.84 Å². The zero-order chi connectivity index (χ0) is 13.1. The predicted molar refractivity (Wildman–Crippen MR) is 64.0 cm³/mol. The normalized spacial score (nSPS) is 11.7. The van der Waals surface area contributed by atoms with Crippen molar-refractivity contribution in [2.24, 2.45) is 0 Å². The Kier molecular flexibility index (Phi) is 4.25. The average molecular weight is 257 g/mol. The molecule has 0 spiro atoms. The molecule has 5 nitrogen and oxygen atoms in total. The van der Waals surface area contributed by atoms with E-state index in [0.29, 0.717) is 6.54 Å². The van der Waals surface area contributed by atoms with Gasteiger partial charge < -0.3 is 10.0 Å². The first kappa shape index (κ1) is 13.7. The van der Waals surface area contributed by atoms with Crippen molar-refractivity contribution in [2.75, 3.05) is 26.4 Å². The van der Waals surface area contributed by atoms with E-state index >= 15 is 0 Å². The van der Waals surface area contributed by atoms with Crippen molar-refractivity contribution < 1.29 is 18.3 Å². The van der Waals surface area contributed by atoms with E-state index in [0.717, 1.165) is 0 Å². The van der Waals surface area contributed by atoms with Gasteiger partial charge in [0.25, 0.3) is 0 Å². The second kappa shape index (κ2) is 5.29. The Hall–Kier alpha value is -1.40. The molecule has 0 aliphatic heterocycles. The van der Waals surface area contributed by atoms with Crippen molar-refractivity contribution in [3.8, 4) is 0 Å². The summed E-state index contributed by atoms with van der Waals surface area (Å²) in [6.45, 7) is 0.402. The monoisotopic (exact) mass is 257 g/mol. The molecule has 1 aromatic carbocycles. The Morgan fingerprint density at radius 3 is 2.53 bits per heavy atom. The predicted octanol–water partition coefficient (Wildman–Crippen LogP) is 0.720. The molecule has 0 aromatic heterocycles. The number of benzene rings is 1. The number of aromatic carboxylic acids is 1. The number of sulfone groups is 1. The van der Waals surface area contributed by atoms with Crippen molar-refractivity contribution >= 4 is 15.8 Å². The first-order valence-corrected chi connectivity index (χ1v) is 6.69. The molecule has 0 radical (unpaired) electrons. The highest BCUT2D eigenvalue weighted by Gasteiger charge is 2.16. The van der Waals surface area contributed by atoms with Gasteiger partial charge in [-0.15, -0.1) is 0 Å². The van der Waals surface area contributed by atoms with Gasteiger partial charge in [-0.3, -0.25) is 0 Å². The maximum absolute atomic E-state index is 11.9. The zero-order valence-electron chi connectivity index (χ0n) is 9.75. The van der Waals surface area contributed by atoms with E-state index < -0.39 is 15.8 Å². The van der Waals surface area contributed by atoms with Crippen molar-refractivity contribution in [1.82, 2.24) is 4.90 Å². The highest BCUT2D eigenvalue weighted by atomic mass is 32.2. The Morgan fingerprint density at radius 1 is 1.35 bits per heavy atom. The quantitative estimate of drug-likeness (QED) is 0.841. The van der Waals surface area contributed by atoms with E-state index in [1.807, 2.05) is 0 Å². The summed E-state index contributed by atoms with van der Waals surface area (Å²) in [5, 5.41) is 8.79. The summed E-state index contributed by atoms with van der Waals surface area (Å²) < 4.78 is 23.8. The highest BCUT2D eigenvalue weighted by Crippen LogP contribution is 2.13. The first-order valence-electron chi connectivity index (χ1n) is 5.04. The molecule has 1 aromatic rings. The number of carboxylic acid groups (broad SMARTS) is 1. The molecule has 17 heavy (non-hydrogen) atoms. The maximum Gasteiger partial charge on any atom is 0.335 e. The molecule has 0 heterocycles. The molecule has 1 N–H and O–H groups in total. The number of carbonyl (C=O) groups is 1. The molecule has 0 saturated heterocycles. The third-order valence-electron chi connectivity index (χ3n) is 2.25. The van der Waals surface area contributed by atoms with Crippen LogP contribution in [0, 0.1) is 0 Å². The number of rotatable bonds is 5. The minimum atomic E-state index is -3.42. The lowest BCUT2D eigenvalue weighted by molar-refractivity contribution is 0.0696. The average Bonchev–Trinajstić information content (AvgIpc) is 2.27. The fourth-order valence-electron chi connectivity index (χ4n) is 1.24. The van der Waals surface area contributed by atoms with Crippen LogP contribution in [0.1, 0.15) is 10.4 Å². The summed E-state index contributed by atoms with van der Waals surface area (Å²) in [4.78, 5) is 12.6. The van der Waals surface area contributed by atoms with Crippen LogP contribution < -0.4 is 0 Å². The second-order valence-electron chi connectivity index (χ2n) is 3.96. The molecule has 1 rings (SSSR count). The molecule has 0 amide bonds. The summed E-state index contributed by atoms with van der Waals surface area (Å²) >= 11 is 0. The van der Waals surface area contributed by atoms with E-state index in [4.69, 9.17) is 5.11 Å². The van der Waals surface area contributed by atoms with Crippen LogP contribution in [-0.4, -0.2) is 50.8 Å². The van der Waals surface area contributed by atoms with E-state index in [-0.39, 0.29) is 16.2 Å². The van der Waals surface area contributed by atoms with Gasteiger partial charge in [0.1, 0.15) is 0 Å². The molecular weight excluding hydrogens is 242 g/mol. The Balaban J connectivity index is 2.99. The Bertz CT molecular complexity index is 508. The van der Waals surface area contributed by atoms with Crippen LogP contribution in [-0.2, 0) is 9.84 Å². The number of nitrogens with zero attached hydrogens (tertiary/aromatic N) is 1. The van der Waals surface area contributed by atoms with Crippen molar-refractivity contribution in [3.05, 3.63) is 29.8 Å². The van der Waals surface area contributed by atoms with Gasteiger partial charge in [0.2, 0.25) is 0 Å². The van der Waals surface area contributed by atoms with E-state index in [2.05, 4.69) is 0 Å². The van der Waals surface area contributed by atoms with Gasteiger partial charge in [-0.1, -0.05) is 6.07 Å². The minimum Gasteiger partial charge on any atom is -0.478 e. The molecular formula is C11H15NO4S. The van der Waals surface area contributed by atoms with Gasteiger partial charge in [-0.05, 0) is 32.3 Å². The number of hydrogen-bond donors (Lipinski definition) is 1. The molecule has 0 aliphatic rings. The highest BCUT2D eigenvalue weighted by molar-refractivity contribution is 7.91. The summed E-state index contributed by atoms with van der Waals surface area (Å²) in [6.07, 6.45) is 0. The lowest BCUT2D eigenvalue weighted by atomic mass is 10.2. The lowest BCUT2D eigenvalue weighted by Crippen LogP contribution is -2.22. The SMILES string of the molecule is CN(C)CCS(=O)(=O)c1cccc(C(=O)O)c1. The van der Waals surface area contributed by atoms with Gasteiger partial charge in [0, 0.05) is 6.54 Å². The third-order valence-corrected chi connectivity index (χ3v) is 3.94. The summed E-state index contributed by atoms with van der Waals surface area (Å²) in [7, 11) is 0.146. The van der Waals surface area contributed by atoms with Crippen molar-refractivity contribution in [2.45, 2.75) is 4.90 Å². The molecule has 0 unspecified atom stereocenters. The Labute approximate surface area is 101 Å². The number of carboxylic acids is 1. The molecule has 0 atom stereocenters. The summed E-state index contributed by atoms with van der Waals surface area (Å²) in [5.74, 6) is -1.15. The topological polar surface area (TPSA) is 74.7 Å². The smallest absolute Gasteiger partial charge is 0.335 e. The molecule has 0 bridgehead atoms. The largest absolute Gasteiger partial charge is 0.478 e. The lowest BCUT2D eigenvalue weighted by Gasteiger charge is -2.10. The third kappa shape index (κ3) is 3.83. The van der Waals surface area contributed by atoms with Crippen molar-refractivity contribution in [3.63, 3.8) is 0 Å². The summed E-state index contributed by atoms with van der Waals surface area (Å²) in [5.41, 5.74) is -0.0177. The molecule has 6 heteroatoms. The van der Waals surface area contributed by atoms with Gasteiger partial charge in [-0.25, -0.2) is 13.2 Å². The van der Waals surface area contributed by atoms with Crippen LogP contribution >= 0.6 is 0 Å². The van der Waals surface area contributed by atoms with Gasteiger partial charge in [0.05, 0.1) is 16.2 Å². The molecule has 0 saturated carbocycles. The van der Waals surface area contributed by atoms with Crippen molar-refractivity contribution in [1.29, 1.82) is 0 Å². The zero-order valence-corrected chi connectivity index (χ0v) is 10.6. The van der Waals surface area contributed by atoms with E-state index in [9.17, 15) is 13.2 Å². The number of hydrogen-bond acceptors (Lipinski definition) is 4. The molecule has 0 aliphatic carbocycles. The Morgan fingerprint density at radius 2 is 2.00 bits per heavy atom. The standard InChI is InChI=1S/C11H15NO4S/c1-12(2)6-7-17(15,16)10-5-3-4-9(8-10)11(13)14/h3-5,8H,6-7H2,1-2H3,(H,13,14). The minimum absolute atomic E-state index is 0.0177.